The lowest BCUT2D eigenvalue weighted by Gasteiger charge is -2.39. The molecule has 2 fully saturated rings. The molecule has 0 spiro atoms. The van der Waals surface area contributed by atoms with Gasteiger partial charge in [-0.15, -0.1) is 0 Å². The minimum Gasteiger partial charge on any atom is -0.368 e. The second-order valence-corrected chi connectivity index (χ2v) is 8.20. The highest BCUT2D eigenvalue weighted by atomic mass is 16.2. The maximum absolute atomic E-state index is 13.0. The quantitative estimate of drug-likeness (QED) is 0.843. The molecule has 5 nitrogen and oxygen atoms in total. The second kappa shape index (κ2) is 7.68. The van der Waals surface area contributed by atoms with Crippen molar-refractivity contribution in [3.05, 3.63) is 29.8 Å². The van der Waals surface area contributed by atoms with Crippen LogP contribution in [-0.2, 0) is 9.59 Å². The van der Waals surface area contributed by atoms with Crippen molar-refractivity contribution in [2.45, 2.75) is 52.5 Å². The Kier molecular flexibility index (Phi) is 5.54. The average Bonchev–Trinajstić information content (AvgIpc) is 3.14. The summed E-state index contributed by atoms with van der Waals surface area (Å²) in [5, 5.41) is 3.08. The van der Waals surface area contributed by atoms with E-state index in [1.54, 1.807) is 13.8 Å². The molecule has 1 aliphatic carbocycles. The molecule has 0 bridgehead atoms. The molecule has 0 atom stereocenters. The topological polar surface area (TPSA) is 52.7 Å². The fraction of sp³-hybridized carbons (Fsp3) is 0.619. The molecule has 1 aromatic carbocycles. The van der Waals surface area contributed by atoms with Gasteiger partial charge in [0, 0.05) is 37.9 Å². The van der Waals surface area contributed by atoms with E-state index in [-0.39, 0.29) is 17.9 Å². The van der Waals surface area contributed by atoms with Gasteiger partial charge in [0.25, 0.3) is 0 Å². The van der Waals surface area contributed by atoms with E-state index in [1.807, 2.05) is 4.90 Å². The van der Waals surface area contributed by atoms with E-state index in [4.69, 9.17) is 0 Å². The molecule has 0 radical (unpaired) electrons. The molecule has 0 unspecified atom stereocenters. The fourth-order valence-electron chi connectivity index (χ4n) is 3.92. The van der Waals surface area contributed by atoms with E-state index in [0.717, 1.165) is 25.9 Å². The molecule has 1 saturated heterocycles. The summed E-state index contributed by atoms with van der Waals surface area (Å²) >= 11 is 0. The number of aryl methyl sites for hydroxylation is 1. The van der Waals surface area contributed by atoms with Crippen molar-refractivity contribution in [3.8, 4) is 0 Å². The summed E-state index contributed by atoms with van der Waals surface area (Å²) in [5.41, 5.74) is 1.44. The number of carbonyl (C=O) groups is 2. The number of benzene rings is 1. The van der Waals surface area contributed by atoms with Crippen molar-refractivity contribution in [3.63, 3.8) is 0 Å². The van der Waals surface area contributed by atoms with Crippen LogP contribution in [0.2, 0.25) is 0 Å². The molecule has 1 aromatic rings. The summed E-state index contributed by atoms with van der Waals surface area (Å²) in [4.78, 5) is 29.8. The van der Waals surface area contributed by atoms with Crippen molar-refractivity contribution in [2.75, 3.05) is 31.1 Å². The number of carbonyl (C=O) groups excluding carboxylic acids is 2. The Morgan fingerprint density at radius 1 is 1.08 bits per heavy atom. The predicted molar refractivity (Wildman–Crippen MR) is 104 cm³/mol. The van der Waals surface area contributed by atoms with Gasteiger partial charge in [0.15, 0.2) is 0 Å². The van der Waals surface area contributed by atoms with Gasteiger partial charge >= 0.3 is 0 Å². The summed E-state index contributed by atoms with van der Waals surface area (Å²) in [6, 6.07) is 8.70. The first-order chi connectivity index (χ1) is 12.4. The van der Waals surface area contributed by atoms with Gasteiger partial charge in [-0.05, 0) is 51.3 Å². The lowest BCUT2D eigenvalue weighted by atomic mass is 9.89. The van der Waals surface area contributed by atoms with Gasteiger partial charge < -0.3 is 15.1 Å². The van der Waals surface area contributed by atoms with Gasteiger partial charge in [-0.2, -0.15) is 0 Å². The average molecular weight is 357 g/mol. The van der Waals surface area contributed by atoms with Gasteiger partial charge in [0.1, 0.15) is 5.41 Å². The van der Waals surface area contributed by atoms with E-state index in [2.05, 4.69) is 41.4 Å². The maximum atomic E-state index is 13.0. The van der Waals surface area contributed by atoms with Crippen LogP contribution in [0.1, 0.15) is 45.1 Å². The lowest BCUT2D eigenvalue weighted by Crippen LogP contribution is -2.56. The van der Waals surface area contributed by atoms with Crippen molar-refractivity contribution in [1.82, 2.24) is 10.2 Å². The number of anilines is 1. The van der Waals surface area contributed by atoms with Crippen LogP contribution >= 0.6 is 0 Å². The van der Waals surface area contributed by atoms with Crippen LogP contribution in [0.15, 0.2) is 24.3 Å². The molecule has 1 saturated carbocycles. The fourth-order valence-corrected chi connectivity index (χ4v) is 3.92. The molecular weight excluding hydrogens is 326 g/mol. The Balaban J connectivity index is 1.57. The van der Waals surface area contributed by atoms with E-state index < -0.39 is 5.41 Å². The molecule has 1 aliphatic heterocycles. The molecule has 1 N–H and O–H groups in total. The Labute approximate surface area is 156 Å². The minimum atomic E-state index is -1.01. The predicted octanol–water partition coefficient (Wildman–Crippen LogP) is 2.73. The number of piperazine rings is 1. The Morgan fingerprint density at radius 2 is 1.73 bits per heavy atom. The number of amides is 2. The molecule has 1 heterocycles. The third-order valence-corrected chi connectivity index (χ3v) is 5.73. The monoisotopic (exact) mass is 357 g/mol. The van der Waals surface area contributed by atoms with Crippen LogP contribution in [-0.4, -0.2) is 48.9 Å². The first kappa shape index (κ1) is 18.7. The van der Waals surface area contributed by atoms with Crippen LogP contribution in [0.5, 0.6) is 0 Å². The van der Waals surface area contributed by atoms with Crippen LogP contribution < -0.4 is 10.2 Å². The van der Waals surface area contributed by atoms with E-state index in [0.29, 0.717) is 13.1 Å². The second-order valence-electron chi connectivity index (χ2n) is 8.20. The normalized spacial score (nSPS) is 18.9. The standard InChI is InChI=1S/C21H31N3O2/c1-16-7-6-10-18(15-16)23-11-13-24(14-12-23)20(26)21(2,3)19(25)22-17-8-4-5-9-17/h6-7,10,15,17H,4-5,8-9,11-14H2,1-3H3,(H,22,25). The Morgan fingerprint density at radius 3 is 2.35 bits per heavy atom. The largest absolute Gasteiger partial charge is 0.368 e. The highest BCUT2D eigenvalue weighted by molar-refractivity contribution is 6.04. The zero-order chi connectivity index (χ0) is 18.7. The molecule has 2 aliphatic rings. The van der Waals surface area contributed by atoms with Crippen molar-refractivity contribution in [1.29, 1.82) is 0 Å². The Hall–Kier alpha value is -2.04. The van der Waals surface area contributed by atoms with Gasteiger partial charge in [-0.1, -0.05) is 25.0 Å². The van der Waals surface area contributed by atoms with Crippen LogP contribution in [0, 0.1) is 12.3 Å². The summed E-state index contributed by atoms with van der Waals surface area (Å²) in [6.07, 6.45) is 4.40. The molecule has 5 heteroatoms. The highest BCUT2D eigenvalue weighted by Gasteiger charge is 2.40. The smallest absolute Gasteiger partial charge is 0.237 e. The van der Waals surface area contributed by atoms with E-state index >= 15 is 0 Å². The van der Waals surface area contributed by atoms with E-state index in [1.165, 1.54) is 24.1 Å². The third kappa shape index (κ3) is 4.02. The maximum Gasteiger partial charge on any atom is 0.237 e. The van der Waals surface area contributed by atoms with Crippen molar-refractivity contribution < 1.29 is 9.59 Å². The van der Waals surface area contributed by atoms with Crippen molar-refractivity contribution in [2.24, 2.45) is 5.41 Å². The summed E-state index contributed by atoms with van der Waals surface area (Å²) in [5.74, 6) is -0.188. The first-order valence-corrected chi connectivity index (χ1v) is 9.80. The minimum absolute atomic E-state index is 0.0584. The molecule has 3 rings (SSSR count). The summed E-state index contributed by atoms with van der Waals surface area (Å²) in [7, 11) is 0. The van der Waals surface area contributed by atoms with Crippen molar-refractivity contribution >= 4 is 17.5 Å². The lowest BCUT2D eigenvalue weighted by molar-refractivity contribution is -0.149. The van der Waals surface area contributed by atoms with E-state index in [9.17, 15) is 9.59 Å². The van der Waals surface area contributed by atoms with Crippen LogP contribution in [0.3, 0.4) is 0 Å². The van der Waals surface area contributed by atoms with Gasteiger partial charge in [-0.3, -0.25) is 9.59 Å². The summed E-state index contributed by atoms with van der Waals surface area (Å²) in [6.45, 7) is 8.53. The SMILES string of the molecule is Cc1cccc(N2CCN(C(=O)C(C)(C)C(=O)NC3CCCC3)CC2)c1. The Bertz CT molecular complexity index is 657. The molecular formula is C21H31N3O2. The number of rotatable bonds is 4. The summed E-state index contributed by atoms with van der Waals surface area (Å²) < 4.78 is 0. The van der Waals surface area contributed by atoms with Gasteiger partial charge in [0.05, 0.1) is 0 Å². The van der Waals surface area contributed by atoms with Crippen LogP contribution in [0.25, 0.3) is 0 Å². The zero-order valence-electron chi connectivity index (χ0n) is 16.3. The number of nitrogens with one attached hydrogen (secondary N) is 1. The highest BCUT2D eigenvalue weighted by Crippen LogP contribution is 2.25. The number of hydrogen-bond acceptors (Lipinski definition) is 3. The third-order valence-electron chi connectivity index (χ3n) is 5.73. The molecule has 26 heavy (non-hydrogen) atoms. The number of nitrogens with zero attached hydrogens (tertiary/aromatic N) is 2. The van der Waals surface area contributed by atoms with Gasteiger partial charge in [0.2, 0.25) is 11.8 Å². The van der Waals surface area contributed by atoms with Crippen LogP contribution in [0.4, 0.5) is 5.69 Å². The molecule has 0 aromatic heterocycles. The van der Waals surface area contributed by atoms with Gasteiger partial charge in [-0.25, -0.2) is 0 Å². The number of hydrogen-bond donors (Lipinski definition) is 1. The zero-order valence-corrected chi connectivity index (χ0v) is 16.3. The molecule has 2 amide bonds. The first-order valence-electron chi connectivity index (χ1n) is 9.80. The molecule has 142 valence electrons.